The molecule has 2 aliphatic rings. The molecule has 3 unspecified atom stereocenters. The first-order chi connectivity index (χ1) is 4.72. The smallest absolute Gasteiger partial charge is 0.225 e. The Hall–Kier alpha value is -0.530. The quantitative estimate of drug-likeness (QED) is 0.484. The zero-order valence-corrected chi connectivity index (χ0v) is 6.50. The van der Waals surface area contributed by atoms with Crippen LogP contribution in [0.15, 0.2) is 0 Å². The van der Waals surface area contributed by atoms with Gasteiger partial charge in [-0.1, -0.05) is 6.92 Å². The number of hydrogen-bond acceptors (Lipinski definition) is 1. The summed E-state index contributed by atoms with van der Waals surface area (Å²) in [5.41, 5.74) is 0. The first-order valence-electron chi connectivity index (χ1n) is 3.97. The predicted octanol–water partition coefficient (Wildman–Crippen LogP) is 0.731. The lowest BCUT2D eigenvalue weighted by Gasteiger charge is -2.20. The van der Waals surface area contributed by atoms with Gasteiger partial charge in [-0.3, -0.25) is 4.79 Å². The fourth-order valence-electron chi connectivity index (χ4n) is 2.10. The number of carbonyl (C=O) groups is 1. The number of nitrogens with zero attached hydrogens (tertiary/aromatic N) is 1. The molecule has 0 radical (unpaired) electrons. The van der Waals surface area contributed by atoms with Crippen LogP contribution in [0.1, 0.15) is 13.3 Å². The van der Waals surface area contributed by atoms with Crippen LogP contribution in [0.3, 0.4) is 0 Å². The van der Waals surface area contributed by atoms with Crippen LogP contribution in [0.2, 0.25) is 0 Å². The van der Waals surface area contributed by atoms with E-state index < -0.39 is 0 Å². The summed E-state index contributed by atoms with van der Waals surface area (Å²) in [6.07, 6.45) is 1.23. The molecule has 1 amide bonds. The van der Waals surface area contributed by atoms with E-state index in [1.165, 1.54) is 6.42 Å². The summed E-state index contributed by atoms with van der Waals surface area (Å²) in [5, 5.41) is 0. The Morgan fingerprint density at radius 3 is 2.90 bits per heavy atom. The highest BCUT2D eigenvalue weighted by molar-refractivity contribution is 5.82. The van der Waals surface area contributed by atoms with Crippen LogP contribution in [0.5, 0.6) is 0 Å². The first kappa shape index (κ1) is 6.20. The predicted molar refractivity (Wildman–Crippen MR) is 38.4 cm³/mol. The van der Waals surface area contributed by atoms with E-state index in [-0.39, 0.29) is 0 Å². The summed E-state index contributed by atoms with van der Waals surface area (Å²) >= 11 is 0. The molecule has 0 aromatic carbocycles. The standard InChI is InChI=1S/C8H13NO/c1-5-6-3-4-9(2)8(10)7(5)6/h5-7H,3-4H2,1-2H3. The molecule has 2 heteroatoms. The first-order valence-corrected chi connectivity index (χ1v) is 3.97. The zero-order chi connectivity index (χ0) is 7.30. The van der Waals surface area contributed by atoms with Crippen molar-refractivity contribution in [3.8, 4) is 0 Å². The van der Waals surface area contributed by atoms with Gasteiger partial charge in [-0.15, -0.1) is 0 Å². The third kappa shape index (κ3) is 0.619. The monoisotopic (exact) mass is 139 g/mol. The molecule has 1 saturated heterocycles. The Bertz CT molecular complexity index is 178. The van der Waals surface area contributed by atoms with E-state index in [2.05, 4.69) is 6.92 Å². The van der Waals surface area contributed by atoms with Gasteiger partial charge in [-0.25, -0.2) is 0 Å². The maximum atomic E-state index is 11.3. The Labute approximate surface area is 61.2 Å². The van der Waals surface area contributed by atoms with Gasteiger partial charge in [-0.05, 0) is 18.3 Å². The van der Waals surface area contributed by atoms with Crippen molar-refractivity contribution in [2.24, 2.45) is 17.8 Å². The Morgan fingerprint density at radius 1 is 1.60 bits per heavy atom. The van der Waals surface area contributed by atoms with E-state index in [0.717, 1.165) is 12.5 Å². The minimum absolute atomic E-state index is 0.378. The largest absolute Gasteiger partial charge is 0.345 e. The minimum atomic E-state index is 0.378. The van der Waals surface area contributed by atoms with E-state index in [1.807, 2.05) is 11.9 Å². The molecular weight excluding hydrogens is 126 g/mol. The van der Waals surface area contributed by atoms with E-state index >= 15 is 0 Å². The van der Waals surface area contributed by atoms with Gasteiger partial charge in [0.15, 0.2) is 0 Å². The Balaban J connectivity index is 2.12. The van der Waals surface area contributed by atoms with Crippen LogP contribution >= 0.6 is 0 Å². The highest BCUT2D eigenvalue weighted by atomic mass is 16.2. The third-order valence-corrected chi connectivity index (χ3v) is 3.02. The summed E-state index contributed by atoms with van der Waals surface area (Å²) in [6.45, 7) is 3.16. The number of carbonyl (C=O) groups excluding carboxylic acids is 1. The minimum Gasteiger partial charge on any atom is -0.345 e. The average Bonchev–Trinajstić information content (AvgIpc) is 2.54. The second kappa shape index (κ2) is 1.74. The topological polar surface area (TPSA) is 20.3 Å². The number of piperidine rings is 1. The van der Waals surface area contributed by atoms with Crippen molar-refractivity contribution >= 4 is 5.91 Å². The van der Waals surface area contributed by atoms with E-state index in [1.54, 1.807) is 0 Å². The van der Waals surface area contributed by atoms with Crippen molar-refractivity contribution < 1.29 is 4.79 Å². The van der Waals surface area contributed by atoms with Crippen LogP contribution in [-0.2, 0) is 4.79 Å². The SMILES string of the molecule is CC1C2CCN(C)C(=O)C12. The normalized spacial score (nSPS) is 45.2. The van der Waals surface area contributed by atoms with Crippen molar-refractivity contribution in [2.75, 3.05) is 13.6 Å². The lowest BCUT2D eigenvalue weighted by Crippen LogP contribution is -2.33. The van der Waals surface area contributed by atoms with Crippen molar-refractivity contribution in [3.63, 3.8) is 0 Å². The molecular formula is C8H13NO. The molecule has 0 aromatic rings. The molecule has 1 heterocycles. The average molecular weight is 139 g/mol. The van der Waals surface area contributed by atoms with Gasteiger partial charge < -0.3 is 4.90 Å². The molecule has 3 atom stereocenters. The molecule has 0 spiro atoms. The van der Waals surface area contributed by atoms with Gasteiger partial charge in [0.25, 0.3) is 0 Å². The van der Waals surface area contributed by atoms with Gasteiger partial charge in [0.2, 0.25) is 5.91 Å². The van der Waals surface area contributed by atoms with Gasteiger partial charge in [0.05, 0.1) is 0 Å². The van der Waals surface area contributed by atoms with Gasteiger partial charge in [0, 0.05) is 19.5 Å². The van der Waals surface area contributed by atoms with Crippen molar-refractivity contribution in [1.29, 1.82) is 0 Å². The molecule has 0 aromatic heterocycles. The summed E-state index contributed by atoms with van der Waals surface area (Å²) in [5.74, 6) is 2.20. The lowest BCUT2D eigenvalue weighted by molar-refractivity contribution is -0.133. The molecule has 0 N–H and O–H groups in total. The summed E-state index contributed by atoms with van der Waals surface area (Å²) in [6, 6.07) is 0. The van der Waals surface area contributed by atoms with Crippen molar-refractivity contribution in [3.05, 3.63) is 0 Å². The fraction of sp³-hybridized carbons (Fsp3) is 0.875. The van der Waals surface area contributed by atoms with E-state index in [9.17, 15) is 4.79 Å². The van der Waals surface area contributed by atoms with E-state index in [4.69, 9.17) is 0 Å². The van der Waals surface area contributed by atoms with Crippen LogP contribution in [0, 0.1) is 17.8 Å². The van der Waals surface area contributed by atoms with Crippen LogP contribution < -0.4 is 0 Å². The van der Waals surface area contributed by atoms with Gasteiger partial charge >= 0.3 is 0 Å². The molecule has 1 aliphatic carbocycles. The molecule has 0 bridgehead atoms. The van der Waals surface area contributed by atoms with Crippen LogP contribution in [-0.4, -0.2) is 24.4 Å². The zero-order valence-electron chi connectivity index (χ0n) is 6.50. The van der Waals surface area contributed by atoms with Gasteiger partial charge in [-0.2, -0.15) is 0 Å². The highest BCUT2D eigenvalue weighted by Crippen LogP contribution is 2.51. The summed E-state index contributed by atoms with van der Waals surface area (Å²) < 4.78 is 0. The molecule has 2 nitrogen and oxygen atoms in total. The molecule has 2 fully saturated rings. The number of hydrogen-bond donors (Lipinski definition) is 0. The lowest BCUT2D eigenvalue weighted by atomic mass is 10.1. The molecule has 56 valence electrons. The molecule has 2 rings (SSSR count). The maximum absolute atomic E-state index is 11.3. The number of fused-ring (bicyclic) bond motifs is 1. The second-order valence-electron chi connectivity index (χ2n) is 3.60. The van der Waals surface area contributed by atoms with Crippen molar-refractivity contribution in [2.45, 2.75) is 13.3 Å². The number of amides is 1. The molecule has 1 saturated carbocycles. The Morgan fingerprint density at radius 2 is 2.30 bits per heavy atom. The maximum Gasteiger partial charge on any atom is 0.225 e. The molecule has 10 heavy (non-hydrogen) atoms. The summed E-state index contributed by atoms with van der Waals surface area (Å²) in [7, 11) is 1.91. The van der Waals surface area contributed by atoms with Crippen molar-refractivity contribution in [1.82, 2.24) is 4.90 Å². The third-order valence-electron chi connectivity index (χ3n) is 3.02. The fourth-order valence-corrected chi connectivity index (χ4v) is 2.10. The van der Waals surface area contributed by atoms with Crippen LogP contribution in [0.4, 0.5) is 0 Å². The number of likely N-dealkylation sites (tertiary alicyclic amines) is 1. The number of rotatable bonds is 0. The second-order valence-corrected chi connectivity index (χ2v) is 3.60. The highest BCUT2D eigenvalue weighted by Gasteiger charge is 2.54. The molecule has 1 aliphatic heterocycles. The summed E-state index contributed by atoms with van der Waals surface area (Å²) in [4.78, 5) is 13.2. The van der Waals surface area contributed by atoms with E-state index in [0.29, 0.717) is 17.7 Å². The van der Waals surface area contributed by atoms with Gasteiger partial charge in [0.1, 0.15) is 0 Å². The Kier molecular flexibility index (Phi) is 1.08. The van der Waals surface area contributed by atoms with Crippen LogP contribution in [0.25, 0.3) is 0 Å².